The molecule has 0 aliphatic rings. The van der Waals surface area contributed by atoms with Crippen molar-refractivity contribution in [3.63, 3.8) is 0 Å². The van der Waals surface area contributed by atoms with Crippen molar-refractivity contribution in [1.29, 1.82) is 0 Å². The summed E-state index contributed by atoms with van der Waals surface area (Å²) in [5.41, 5.74) is 2.64. The Bertz CT molecular complexity index is 827. The highest BCUT2D eigenvalue weighted by atomic mass is 15.1. The van der Waals surface area contributed by atoms with Crippen molar-refractivity contribution in [3.8, 4) is 11.3 Å². The molecule has 0 saturated carbocycles. The smallest absolute Gasteiger partial charge is 0.163 e. The zero-order valence-corrected chi connectivity index (χ0v) is 15.2. The van der Waals surface area contributed by atoms with E-state index in [1.54, 1.807) is 0 Å². The summed E-state index contributed by atoms with van der Waals surface area (Å²) in [6.45, 7) is 2.22. The lowest BCUT2D eigenvalue weighted by atomic mass is 10.1. The number of rotatable bonds is 7. The van der Waals surface area contributed by atoms with Crippen LogP contribution < -0.4 is 4.90 Å². The largest absolute Gasteiger partial charge is 0.363 e. The molecule has 0 spiro atoms. The molecule has 0 amide bonds. The highest BCUT2D eigenvalue weighted by Gasteiger charge is 2.06. The van der Waals surface area contributed by atoms with E-state index >= 15 is 0 Å². The molecule has 3 aromatic heterocycles. The molecule has 130 valence electrons. The highest BCUT2D eigenvalue weighted by molar-refractivity contribution is 5.77. The second kappa shape index (κ2) is 8.01. The molecule has 25 heavy (non-hydrogen) atoms. The second-order valence-corrected chi connectivity index (χ2v) is 6.51. The highest BCUT2D eigenvalue weighted by Crippen LogP contribution is 2.21. The van der Waals surface area contributed by atoms with Crippen molar-refractivity contribution in [3.05, 3.63) is 42.5 Å². The molecule has 5 nitrogen and oxygen atoms in total. The van der Waals surface area contributed by atoms with Gasteiger partial charge >= 0.3 is 0 Å². The van der Waals surface area contributed by atoms with Gasteiger partial charge in [0.1, 0.15) is 11.6 Å². The number of aryl methyl sites for hydroxylation is 1. The Morgan fingerprint density at radius 1 is 0.880 bits per heavy atom. The first kappa shape index (κ1) is 17.3. The summed E-state index contributed by atoms with van der Waals surface area (Å²) >= 11 is 0. The Hall–Kier alpha value is -2.56. The number of aromatic nitrogens is 4. The van der Waals surface area contributed by atoms with Crippen molar-refractivity contribution < 1.29 is 0 Å². The lowest BCUT2D eigenvalue weighted by Gasteiger charge is -2.11. The lowest BCUT2D eigenvalue weighted by molar-refractivity contribution is 0.653. The maximum atomic E-state index is 4.72. The van der Waals surface area contributed by atoms with Gasteiger partial charge in [0.2, 0.25) is 0 Å². The molecule has 0 fully saturated rings. The third kappa shape index (κ3) is 4.29. The maximum absolute atomic E-state index is 4.72. The molecular weight excluding hydrogens is 310 g/mol. The average Bonchev–Trinajstić information content (AvgIpc) is 2.64. The molecule has 0 bridgehead atoms. The monoisotopic (exact) mass is 335 g/mol. The number of hydrogen-bond donors (Lipinski definition) is 0. The third-order valence-corrected chi connectivity index (χ3v) is 4.25. The summed E-state index contributed by atoms with van der Waals surface area (Å²) in [5, 5.41) is 0.971. The van der Waals surface area contributed by atoms with Gasteiger partial charge in [0.05, 0.1) is 5.69 Å². The molecule has 3 rings (SSSR count). The minimum Gasteiger partial charge on any atom is -0.363 e. The third-order valence-electron chi connectivity index (χ3n) is 4.25. The molecular formula is C20H25N5. The molecule has 0 radical (unpaired) electrons. The number of anilines is 1. The van der Waals surface area contributed by atoms with Gasteiger partial charge in [-0.05, 0) is 30.7 Å². The van der Waals surface area contributed by atoms with Crippen LogP contribution in [-0.4, -0.2) is 34.0 Å². The Labute approximate surface area is 149 Å². The van der Waals surface area contributed by atoms with E-state index in [9.17, 15) is 0 Å². The molecule has 0 aromatic carbocycles. The van der Waals surface area contributed by atoms with Gasteiger partial charge in [-0.1, -0.05) is 26.2 Å². The van der Waals surface area contributed by atoms with Crippen LogP contribution in [0.2, 0.25) is 0 Å². The van der Waals surface area contributed by atoms with Gasteiger partial charge in [-0.2, -0.15) is 0 Å². The number of nitrogens with zero attached hydrogens (tertiary/aromatic N) is 5. The quantitative estimate of drug-likeness (QED) is 0.603. The van der Waals surface area contributed by atoms with Crippen LogP contribution in [0, 0.1) is 0 Å². The van der Waals surface area contributed by atoms with E-state index < -0.39 is 0 Å². The molecule has 0 aliphatic heterocycles. The molecule has 0 unspecified atom stereocenters. The summed E-state index contributed by atoms with van der Waals surface area (Å²) in [7, 11) is 3.96. The van der Waals surface area contributed by atoms with Crippen molar-refractivity contribution in [2.45, 2.75) is 39.0 Å². The van der Waals surface area contributed by atoms with Gasteiger partial charge in [-0.25, -0.2) is 19.9 Å². The van der Waals surface area contributed by atoms with Crippen LogP contribution in [-0.2, 0) is 6.42 Å². The summed E-state index contributed by atoms with van der Waals surface area (Å²) in [6, 6.07) is 8.07. The van der Waals surface area contributed by atoms with Crippen molar-refractivity contribution >= 4 is 16.9 Å². The van der Waals surface area contributed by atoms with E-state index in [0.717, 1.165) is 46.8 Å². The van der Waals surface area contributed by atoms with Crippen molar-refractivity contribution in [2.24, 2.45) is 0 Å². The van der Waals surface area contributed by atoms with Gasteiger partial charge < -0.3 is 4.90 Å². The fourth-order valence-corrected chi connectivity index (χ4v) is 2.74. The first-order valence-corrected chi connectivity index (χ1v) is 8.94. The predicted molar refractivity (Wildman–Crippen MR) is 103 cm³/mol. The van der Waals surface area contributed by atoms with E-state index in [4.69, 9.17) is 4.98 Å². The van der Waals surface area contributed by atoms with Gasteiger partial charge in [0.15, 0.2) is 5.65 Å². The number of pyridine rings is 2. The van der Waals surface area contributed by atoms with E-state index in [2.05, 4.69) is 21.9 Å². The minimum atomic E-state index is 0.759. The first-order valence-electron chi connectivity index (χ1n) is 8.94. The van der Waals surface area contributed by atoms with Gasteiger partial charge in [-0.15, -0.1) is 0 Å². The Balaban J connectivity index is 1.82. The SMILES string of the molecule is CCCCCCc1ncc2ccc(-c3ccc(N(C)C)nc3)nc2n1. The molecule has 0 aliphatic carbocycles. The molecule has 3 heterocycles. The van der Waals surface area contributed by atoms with Crippen LogP contribution in [0.3, 0.4) is 0 Å². The zero-order chi connectivity index (χ0) is 17.6. The van der Waals surface area contributed by atoms with E-state index in [-0.39, 0.29) is 0 Å². The standard InChI is InChI=1S/C20H25N5/c1-4-5-6-7-8-18-21-14-16-9-11-17(23-20(16)24-18)15-10-12-19(22-13-15)25(2)3/h9-14H,4-8H2,1-3H3. The molecule has 3 aromatic rings. The fourth-order valence-electron chi connectivity index (χ4n) is 2.74. The summed E-state index contributed by atoms with van der Waals surface area (Å²) in [6.07, 6.45) is 9.53. The van der Waals surface area contributed by atoms with Crippen LogP contribution in [0.4, 0.5) is 5.82 Å². The van der Waals surface area contributed by atoms with Crippen LogP contribution in [0.15, 0.2) is 36.7 Å². The summed E-state index contributed by atoms with van der Waals surface area (Å²) in [4.78, 5) is 20.3. The van der Waals surface area contributed by atoms with E-state index in [1.165, 1.54) is 19.3 Å². The number of fused-ring (bicyclic) bond motifs is 1. The normalized spacial score (nSPS) is 11.0. The van der Waals surface area contributed by atoms with Crippen molar-refractivity contribution in [2.75, 3.05) is 19.0 Å². The molecule has 0 atom stereocenters. The minimum absolute atomic E-state index is 0.759. The lowest BCUT2D eigenvalue weighted by Crippen LogP contribution is -2.10. The van der Waals surface area contributed by atoms with Crippen LogP contribution in [0.1, 0.15) is 38.4 Å². The van der Waals surface area contributed by atoms with Crippen LogP contribution >= 0.6 is 0 Å². The first-order chi connectivity index (χ1) is 12.2. The summed E-state index contributed by atoms with van der Waals surface area (Å²) in [5.74, 6) is 1.82. The zero-order valence-electron chi connectivity index (χ0n) is 15.2. The Kier molecular flexibility index (Phi) is 5.53. The van der Waals surface area contributed by atoms with Crippen LogP contribution in [0.5, 0.6) is 0 Å². The maximum Gasteiger partial charge on any atom is 0.163 e. The molecule has 5 heteroatoms. The number of hydrogen-bond acceptors (Lipinski definition) is 5. The second-order valence-electron chi connectivity index (χ2n) is 6.51. The molecule has 0 N–H and O–H groups in total. The fraction of sp³-hybridized carbons (Fsp3) is 0.400. The Morgan fingerprint density at radius 2 is 1.76 bits per heavy atom. The average molecular weight is 335 g/mol. The van der Waals surface area contributed by atoms with E-state index in [0.29, 0.717) is 0 Å². The van der Waals surface area contributed by atoms with Crippen LogP contribution in [0.25, 0.3) is 22.3 Å². The number of unbranched alkanes of at least 4 members (excludes halogenated alkanes) is 3. The topological polar surface area (TPSA) is 54.8 Å². The Morgan fingerprint density at radius 3 is 2.48 bits per heavy atom. The summed E-state index contributed by atoms with van der Waals surface area (Å²) < 4.78 is 0. The van der Waals surface area contributed by atoms with Crippen molar-refractivity contribution in [1.82, 2.24) is 19.9 Å². The van der Waals surface area contributed by atoms with Gasteiger partial charge in [0.25, 0.3) is 0 Å². The predicted octanol–water partition coefficient (Wildman–Crippen LogP) is 4.28. The van der Waals surface area contributed by atoms with Gasteiger partial charge in [0, 0.05) is 43.9 Å². The van der Waals surface area contributed by atoms with Gasteiger partial charge in [-0.3, -0.25) is 0 Å². The van der Waals surface area contributed by atoms with E-state index in [1.807, 2.05) is 55.7 Å². The molecule has 0 saturated heterocycles.